The highest BCUT2D eigenvalue weighted by Gasteiger charge is 2.20. The van der Waals surface area contributed by atoms with E-state index in [9.17, 15) is 19.5 Å². The summed E-state index contributed by atoms with van der Waals surface area (Å²) in [7, 11) is 6.16. The molecule has 0 fully saturated rings. The summed E-state index contributed by atoms with van der Waals surface area (Å²) in [5, 5.41) is 28.8. The molecular weight excluding hydrogens is 771 g/mol. The second-order valence-electron chi connectivity index (χ2n) is 13.4. The molecule has 3 amide bonds. The second kappa shape index (κ2) is 20.0. The van der Waals surface area contributed by atoms with E-state index in [0.717, 1.165) is 27.9 Å². The predicted octanol–water partition coefficient (Wildman–Crippen LogP) is 4.99. The number of ether oxygens (including phenoxy) is 4. The number of pyridine rings is 2. The van der Waals surface area contributed by atoms with Gasteiger partial charge in [-0.3, -0.25) is 24.4 Å². The van der Waals surface area contributed by atoms with Crippen LogP contribution >= 0.6 is 0 Å². The highest BCUT2D eigenvalue weighted by Crippen LogP contribution is 2.39. The number of carbonyl (C=O) groups excluding carboxylic acids is 3. The topological polar surface area (TPSA) is 242 Å². The first-order valence-corrected chi connectivity index (χ1v) is 18.8. The first-order valence-electron chi connectivity index (χ1n) is 18.8. The van der Waals surface area contributed by atoms with Gasteiger partial charge in [-0.05, 0) is 66.8 Å². The molecule has 2 aromatic heterocycles. The lowest BCUT2D eigenvalue weighted by Crippen LogP contribution is -2.28. The number of rotatable bonds is 16. The number of aromatic nitrogens is 2. The largest absolute Gasteiger partial charge is 0.493 e. The van der Waals surface area contributed by atoms with E-state index in [0.29, 0.717) is 68.3 Å². The summed E-state index contributed by atoms with van der Waals surface area (Å²) in [5.41, 5.74) is 19.1. The Morgan fingerprint density at radius 3 is 1.48 bits per heavy atom. The van der Waals surface area contributed by atoms with E-state index in [2.05, 4.69) is 25.9 Å². The van der Waals surface area contributed by atoms with Crippen molar-refractivity contribution in [3.63, 3.8) is 0 Å². The zero-order chi connectivity index (χ0) is 43.5. The van der Waals surface area contributed by atoms with Gasteiger partial charge < -0.3 is 56.6 Å². The zero-order valence-corrected chi connectivity index (χ0v) is 34.3. The van der Waals surface area contributed by atoms with Crippen molar-refractivity contribution in [2.45, 2.75) is 26.7 Å². The highest BCUT2D eigenvalue weighted by molar-refractivity contribution is 6.09. The number of nitrogens with zero attached hydrogens (tertiary/aromatic N) is 2. The van der Waals surface area contributed by atoms with Crippen LogP contribution in [0.3, 0.4) is 0 Å². The number of hydrogen-bond acceptors (Lipinski definition) is 13. The molecule has 16 nitrogen and oxygen atoms in total. The first kappa shape index (κ1) is 43.9. The molecule has 16 heteroatoms. The number of anilines is 4. The van der Waals surface area contributed by atoms with Gasteiger partial charge in [0.1, 0.15) is 0 Å². The van der Waals surface area contributed by atoms with Crippen LogP contribution in [0.2, 0.25) is 0 Å². The number of hydrogen-bond donors (Lipinski definition) is 7. The third-order valence-corrected chi connectivity index (χ3v) is 9.85. The smallest absolute Gasteiger partial charge is 0.252 e. The molecule has 9 N–H and O–H groups in total. The molecule has 6 rings (SSSR count). The van der Waals surface area contributed by atoms with Crippen LogP contribution in [0, 0.1) is 13.8 Å². The molecule has 0 aliphatic carbocycles. The molecule has 314 valence electrons. The Kier molecular flexibility index (Phi) is 14.6. The average molecular weight is 820 g/mol. The number of carbonyl (C=O) groups is 3. The van der Waals surface area contributed by atoms with Crippen LogP contribution in [-0.4, -0.2) is 86.1 Å². The summed E-state index contributed by atoms with van der Waals surface area (Å²) in [6.45, 7) is 3.99. The number of benzene rings is 4. The van der Waals surface area contributed by atoms with Gasteiger partial charge in [-0.1, -0.05) is 24.3 Å². The number of primary amides is 2. The first-order chi connectivity index (χ1) is 28.9. The third-order valence-electron chi connectivity index (χ3n) is 9.85. The van der Waals surface area contributed by atoms with E-state index in [1.54, 1.807) is 38.5 Å². The Morgan fingerprint density at radius 2 is 1.07 bits per heavy atom. The molecule has 0 aliphatic heterocycles. The van der Waals surface area contributed by atoms with Gasteiger partial charge in [0.15, 0.2) is 23.0 Å². The Hall–Kier alpha value is -7.17. The van der Waals surface area contributed by atoms with Gasteiger partial charge in [-0.25, -0.2) is 0 Å². The van der Waals surface area contributed by atoms with Crippen molar-refractivity contribution in [2.24, 2.45) is 11.5 Å². The fraction of sp³-hybridized carbons (Fsp3) is 0.250. The van der Waals surface area contributed by atoms with Crippen molar-refractivity contribution in [3.05, 3.63) is 106 Å². The molecule has 6 aromatic rings. The predicted molar refractivity (Wildman–Crippen MR) is 230 cm³/mol. The summed E-state index contributed by atoms with van der Waals surface area (Å²) in [6, 6.07) is 18.3. The molecule has 0 saturated heterocycles. The Morgan fingerprint density at radius 1 is 0.633 bits per heavy atom. The van der Waals surface area contributed by atoms with E-state index in [1.807, 2.05) is 50.2 Å². The fourth-order valence-electron chi connectivity index (χ4n) is 6.60. The monoisotopic (exact) mass is 819 g/mol. The molecule has 60 heavy (non-hydrogen) atoms. The highest BCUT2D eigenvalue weighted by atomic mass is 16.5. The van der Waals surface area contributed by atoms with Gasteiger partial charge in [0.05, 0.1) is 75.0 Å². The molecule has 0 atom stereocenters. The number of methoxy groups -OCH3 is 4. The molecule has 0 bridgehead atoms. The van der Waals surface area contributed by atoms with Gasteiger partial charge >= 0.3 is 0 Å². The van der Waals surface area contributed by atoms with Crippen LogP contribution < -0.4 is 46.4 Å². The maximum absolute atomic E-state index is 12.1. The normalized spacial score (nSPS) is 10.7. The van der Waals surface area contributed by atoms with Crippen LogP contribution in [0.4, 0.5) is 22.7 Å². The minimum Gasteiger partial charge on any atom is -0.493 e. The van der Waals surface area contributed by atoms with E-state index in [1.165, 1.54) is 26.6 Å². The Bertz CT molecular complexity index is 2550. The van der Waals surface area contributed by atoms with Crippen LogP contribution in [0.1, 0.15) is 43.0 Å². The standard InChI is InChI=1S/C23H26N4O5.C21H23N3O4/c1-13-14(9-21(29)25-7-8-28)5-4-6-17(13)27-22-15-10-19(31-2)20(32-3)11-18(15)26-12-16(22)23(24)30;1-12-13(7-8-25)5-4-6-16(12)24-20-14-9-18(27-2)19(28-3)10-17(14)23-11-15(20)21(22)26/h4-6,10-12,28H,7-9H2,1-3H3,(H2,24,30)(H,25,29)(H,26,27);4-6,9-11,25H,7-8H2,1-3H3,(H2,22,26)(H,23,24). The molecule has 0 unspecified atom stereocenters. The van der Waals surface area contributed by atoms with Gasteiger partial charge in [-0.2, -0.15) is 0 Å². The van der Waals surface area contributed by atoms with Gasteiger partial charge in [0.2, 0.25) is 5.91 Å². The lowest BCUT2D eigenvalue weighted by atomic mass is 10.0. The molecular formula is C44H49N7O9. The molecule has 4 aromatic carbocycles. The van der Waals surface area contributed by atoms with E-state index in [4.69, 9.17) is 35.5 Å². The third kappa shape index (κ3) is 9.74. The molecule has 0 radical (unpaired) electrons. The van der Waals surface area contributed by atoms with Crippen LogP contribution in [0.25, 0.3) is 21.8 Å². The average Bonchev–Trinajstić information content (AvgIpc) is 3.24. The summed E-state index contributed by atoms with van der Waals surface area (Å²) in [6.07, 6.45) is 3.57. The summed E-state index contributed by atoms with van der Waals surface area (Å²) in [4.78, 5) is 45.0. The lowest BCUT2D eigenvalue weighted by molar-refractivity contribution is -0.120. The zero-order valence-electron chi connectivity index (χ0n) is 34.3. The molecule has 0 spiro atoms. The maximum Gasteiger partial charge on any atom is 0.252 e. The lowest BCUT2D eigenvalue weighted by Gasteiger charge is -2.18. The van der Waals surface area contributed by atoms with Crippen LogP contribution in [0.5, 0.6) is 23.0 Å². The number of nitrogens with two attached hydrogens (primary N) is 2. The van der Waals surface area contributed by atoms with Crippen molar-refractivity contribution in [3.8, 4) is 23.0 Å². The molecule has 2 heterocycles. The van der Waals surface area contributed by atoms with Crippen molar-refractivity contribution in [2.75, 3.05) is 58.8 Å². The van der Waals surface area contributed by atoms with E-state index < -0.39 is 11.8 Å². The number of aliphatic hydroxyl groups excluding tert-OH is 2. The fourth-order valence-corrected chi connectivity index (χ4v) is 6.60. The summed E-state index contributed by atoms with van der Waals surface area (Å²) in [5.74, 6) is 0.650. The van der Waals surface area contributed by atoms with Gasteiger partial charge in [0.25, 0.3) is 11.8 Å². The minimum absolute atomic E-state index is 0.0615. The number of amides is 3. The minimum atomic E-state index is -0.631. The van der Waals surface area contributed by atoms with Crippen molar-refractivity contribution < 1.29 is 43.5 Å². The van der Waals surface area contributed by atoms with Gasteiger partial charge in [-0.15, -0.1) is 0 Å². The SMILES string of the molecule is COc1cc2ncc(C(N)=O)c(Nc3cccc(CC(=O)NCCO)c3C)c2cc1OC.COc1cc2ncc(C(N)=O)c(Nc3cccc(CCO)c3C)c2cc1OC. The molecule has 0 aliphatic rings. The number of nitrogens with one attached hydrogen (secondary N) is 3. The summed E-state index contributed by atoms with van der Waals surface area (Å²) < 4.78 is 21.5. The van der Waals surface area contributed by atoms with E-state index in [-0.39, 0.29) is 43.2 Å². The van der Waals surface area contributed by atoms with Crippen LogP contribution in [0.15, 0.2) is 73.1 Å². The van der Waals surface area contributed by atoms with Crippen LogP contribution in [-0.2, 0) is 17.6 Å². The second-order valence-corrected chi connectivity index (χ2v) is 13.4. The molecule has 0 saturated carbocycles. The Balaban J connectivity index is 0.000000230. The Labute approximate surface area is 346 Å². The summed E-state index contributed by atoms with van der Waals surface area (Å²) >= 11 is 0. The number of aliphatic hydroxyl groups is 2. The van der Waals surface area contributed by atoms with E-state index >= 15 is 0 Å². The van der Waals surface area contributed by atoms with Gasteiger partial charge in [0, 0.05) is 59.8 Å². The van der Waals surface area contributed by atoms with Crippen molar-refractivity contribution >= 4 is 62.3 Å². The quantitative estimate of drug-likeness (QED) is 0.0682. The maximum atomic E-state index is 12.1. The van der Waals surface area contributed by atoms with Crippen molar-refractivity contribution in [1.82, 2.24) is 15.3 Å². The number of fused-ring (bicyclic) bond motifs is 2. The van der Waals surface area contributed by atoms with Crippen molar-refractivity contribution in [1.29, 1.82) is 0 Å².